The maximum atomic E-state index is 13.9. The van der Waals surface area contributed by atoms with Crippen LogP contribution in [0.2, 0.25) is 0 Å². The van der Waals surface area contributed by atoms with Crippen LogP contribution in [-0.4, -0.2) is 59.3 Å². The molecule has 1 saturated heterocycles. The summed E-state index contributed by atoms with van der Waals surface area (Å²) in [5, 5.41) is 0. The van der Waals surface area contributed by atoms with Gasteiger partial charge in [0.05, 0.1) is 38.6 Å². The van der Waals surface area contributed by atoms with Crippen LogP contribution in [-0.2, 0) is 4.79 Å². The first-order valence-corrected chi connectivity index (χ1v) is 13.2. The van der Waals surface area contributed by atoms with E-state index in [0.29, 0.717) is 34.8 Å². The van der Waals surface area contributed by atoms with E-state index in [1.807, 2.05) is 43.0 Å². The molecule has 0 N–H and O–H groups in total. The minimum absolute atomic E-state index is 0.00331. The molecule has 4 aromatic rings. The Hall–Kier alpha value is -4.41. The van der Waals surface area contributed by atoms with Crippen LogP contribution in [0.15, 0.2) is 54.9 Å². The number of ether oxygens (including phenoxy) is 4. The van der Waals surface area contributed by atoms with Gasteiger partial charge >= 0.3 is 6.55 Å². The topological polar surface area (TPSA) is 87.9 Å². The lowest BCUT2D eigenvalue weighted by Gasteiger charge is -2.27. The third-order valence-electron chi connectivity index (χ3n) is 7.63. The first-order valence-electron chi connectivity index (χ1n) is 13.2. The number of carbonyl (C=O) groups excluding carboxylic acids is 1. The van der Waals surface area contributed by atoms with E-state index in [-0.39, 0.29) is 35.7 Å². The molecule has 41 heavy (non-hydrogen) atoms. The number of amides is 1. The van der Waals surface area contributed by atoms with Crippen LogP contribution < -0.4 is 18.9 Å². The van der Waals surface area contributed by atoms with Crippen LogP contribution in [0.25, 0.3) is 22.3 Å². The lowest BCUT2D eigenvalue weighted by molar-refractivity contribution is -0.129. The average Bonchev–Trinajstić information content (AvgIpc) is 3.60. The van der Waals surface area contributed by atoms with Gasteiger partial charge in [0.2, 0.25) is 11.8 Å². The zero-order valence-electron chi connectivity index (χ0n) is 23.5. The molecule has 2 aromatic heterocycles. The molecule has 1 aliphatic rings. The van der Waals surface area contributed by atoms with Crippen LogP contribution in [0, 0.1) is 5.92 Å². The Morgan fingerprint density at radius 3 is 2.34 bits per heavy atom. The number of imidazole rings is 1. The molecule has 0 aliphatic carbocycles. The van der Waals surface area contributed by atoms with E-state index in [2.05, 4.69) is 9.97 Å². The molecule has 1 unspecified atom stereocenters. The van der Waals surface area contributed by atoms with E-state index in [1.54, 1.807) is 38.5 Å². The first-order chi connectivity index (χ1) is 19.7. The van der Waals surface area contributed by atoms with Crippen molar-refractivity contribution in [2.45, 2.75) is 39.0 Å². The van der Waals surface area contributed by atoms with Crippen molar-refractivity contribution in [3.63, 3.8) is 0 Å². The fourth-order valence-electron chi connectivity index (χ4n) is 5.18. The summed E-state index contributed by atoms with van der Waals surface area (Å²) in [5.41, 5.74) is 2.52. The number of carbonyl (C=O) groups is 1. The van der Waals surface area contributed by atoms with Gasteiger partial charge in [-0.05, 0) is 55.8 Å². The summed E-state index contributed by atoms with van der Waals surface area (Å²) in [5.74, 6) is 1.63. The Morgan fingerprint density at radius 1 is 0.951 bits per heavy atom. The number of benzene rings is 2. The third kappa shape index (κ3) is 5.48. The van der Waals surface area contributed by atoms with Crippen molar-refractivity contribution in [2.24, 2.45) is 5.92 Å². The minimum atomic E-state index is -2.83. The lowest BCUT2D eigenvalue weighted by atomic mass is 10.0. The van der Waals surface area contributed by atoms with Crippen LogP contribution in [0.5, 0.6) is 23.1 Å². The number of methoxy groups -OCH3 is 3. The highest BCUT2D eigenvalue weighted by molar-refractivity contribution is 5.85. The molecule has 1 fully saturated rings. The summed E-state index contributed by atoms with van der Waals surface area (Å²) in [7, 11) is 4.67. The highest BCUT2D eigenvalue weighted by Crippen LogP contribution is 2.37. The van der Waals surface area contributed by atoms with E-state index >= 15 is 0 Å². The van der Waals surface area contributed by atoms with Gasteiger partial charge in [0.15, 0.2) is 11.5 Å². The molecule has 5 rings (SSSR count). The molecule has 0 bridgehead atoms. The largest absolute Gasteiger partial charge is 0.497 e. The Balaban J connectivity index is 1.43. The molecule has 3 heterocycles. The molecular weight excluding hydrogens is 534 g/mol. The van der Waals surface area contributed by atoms with Crippen molar-refractivity contribution in [1.29, 1.82) is 0 Å². The summed E-state index contributed by atoms with van der Waals surface area (Å²) >= 11 is 0. The number of rotatable bonds is 10. The number of halogens is 2. The molecule has 0 spiro atoms. The second-order valence-electron chi connectivity index (χ2n) is 9.96. The average molecular weight is 567 g/mol. The standard InChI is InChI=1S/C30H32F2N4O5/c1-17(19-6-9-22(38-3)10-7-19)35-15-21(13-27(35)37)18(2)41-29-28-24(33-16-36(28)30(31)32)14-23(34-29)20-8-11-25(39-4)26(12-20)40-5/h6-12,14,16-18,21,30H,13,15H2,1-5H3/t17-,18-,21?/m1/s1. The van der Waals surface area contributed by atoms with Gasteiger partial charge in [-0.1, -0.05) is 12.1 Å². The van der Waals surface area contributed by atoms with Crippen molar-refractivity contribution in [3.8, 4) is 34.4 Å². The number of fused-ring (bicyclic) bond motifs is 1. The van der Waals surface area contributed by atoms with Crippen LogP contribution in [0.4, 0.5) is 8.78 Å². The molecule has 0 saturated carbocycles. The van der Waals surface area contributed by atoms with Gasteiger partial charge in [0, 0.05) is 24.4 Å². The van der Waals surface area contributed by atoms with Gasteiger partial charge in [-0.15, -0.1) is 0 Å². The van der Waals surface area contributed by atoms with Gasteiger partial charge in [-0.2, -0.15) is 8.78 Å². The fourth-order valence-corrected chi connectivity index (χ4v) is 5.18. The maximum absolute atomic E-state index is 13.9. The molecule has 11 heteroatoms. The monoisotopic (exact) mass is 566 g/mol. The molecule has 1 aliphatic heterocycles. The van der Waals surface area contributed by atoms with Crippen molar-refractivity contribution in [1.82, 2.24) is 19.4 Å². The van der Waals surface area contributed by atoms with Crippen LogP contribution in [0.3, 0.4) is 0 Å². The first kappa shape index (κ1) is 28.1. The van der Waals surface area contributed by atoms with Crippen LogP contribution in [0.1, 0.15) is 38.4 Å². The number of nitrogens with zero attached hydrogens (tertiary/aromatic N) is 4. The maximum Gasteiger partial charge on any atom is 0.320 e. The van der Waals surface area contributed by atoms with Gasteiger partial charge in [-0.25, -0.2) is 9.97 Å². The van der Waals surface area contributed by atoms with Gasteiger partial charge in [0.1, 0.15) is 23.7 Å². The van der Waals surface area contributed by atoms with E-state index < -0.39 is 12.7 Å². The highest BCUT2D eigenvalue weighted by Gasteiger charge is 2.37. The van der Waals surface area contributed by atoms with E-state index in [9.17, 15) is 13.6 Å². The number of alkyl halides is 2. The van der Waals surface area contributed by atoms with Crippen molar-refractivity contribution >= 4 is 16.9 Å². The number of pyridine rings is 1. The highest BCUT2D eigenvalue weighted by atomic mass is 19.3. The Labute approximate surface area is 236 Å². The van der Waals surface area contributed by atoms with E-state index in [1.165, 1.54) is 7.11 Å². The normalized spacial score (nSPS) is 16.7. The number of likely N-dealkylation sites (tertiary alicyclic amines) is 1. The predicted octanol–water partition coefficient (Wildman–Crippen LogP) is 5.90. The molecule has 9 nitrogen and oxygen atoms in total. The van der Waals surface area contributed by atoms with Crippen molar-refractivity contribution in [2.75, 3.05) is 27.9 Å². The fraction of sp³-hybridized carbons (Fsp3) is 0.367. The smallest absolute Gasteiger partial charge is 0.320 e. The SMILES string of the molecule is COc1ccc([C@@H](C)N2CC([C@@H](C)Oc3nc(-c4ccc(OC)c(OC)c4)cc4ncn(C(F)F)c34)CC2=O)cc1. The molecule has 3 atom stereocenters. The molecular formula is C30H32F2N4O5. The predicted molar refractivity (Wildman–Crippen MR) is 149 cm³/mol. The molecule has 216 valence electrons. The second kappa shape index (κ2) is 11.6. The minimum Gasteiger partial charge on any atom is -0.497 e. The Kier molecular flexibility index (Phi) is 7.96. The summed E-state index contributed by atoms with van der Waals surface area (Å²) in [4.78, 5) is 23.7. The molecule has 0 radical (unpaired) electrons. The van der Waals surface area contributed by atoms with Crippen molar-refractivity contribution in [3.05, 3.63) is 60.4 Å². The van der Waals surface area contributed by atoms with Crippen molar-refractivity contribution < 1.29 is 32.5 Å². The molecule has 2 aromatic carbocycles. The van der Waals surface area contributed by atoms with Gasteiger partial charge < -0.3 is 23.8 Å². The number of hydrogen-bond acceptors (Lipinski definition) is 7. The summed E-state index contributed by atoms with van der Waals surface area (Å²) in [6.07, 6.45) is 0.850. The van der Waals surface area contributed by atoms with Gasteiger partial charge in [-0.3, -0.25) is 9.36 Å². The molecule has 1 amide bonds. The van der Waals surface area contributed by atoms with E-state index in [4.69, 9.17) is 18.9 Å². The summed E-state index contributed by atoms with van der Waals surface area (Å²) in [6, 6.07) is 14.4. The second-order valence-corrected chi connectivity index (χ2v) is 9.96. The van der Waals surface area contributed by atoms with Crippen LogP contribution >= 0.6 is 0 Å². The quantitative estimate of drug-likeness (QED) is 0.236. The Bertz CT molecular complexity index is 1540. The Morgan fingerprint density at radius 2 is 1.68 bits per heavy atom. The van der Waals surface area contributed by atoms with Gasteiger partial charge in [0.25, 0.3) is 0 Å². The third-order valence-corrected chi connectivity index (χ3v) is 7.63. The summed E-state index contributed by atoms with van der Waals surface area (Å²) in [6.45, 7) is 1.44. The summed E-state index contributed by atoms with van der Waals surface area (Å²) < 4.78 is 50.8. The number of hydrogen-bond donors (Lipinski definition) is 0. The van der Waals surface area contributed by atoms with E-state index in [0.717, 1.165) is 22.2 Å². The number of aromatic nitrogens is 3. The zero-order valence-corrected chi connectivity index (χ0v) is 23.5. The zero-order chi connectivity index (χ0) is 29.3. The lowest BCUT2D eigenvalue weighted by Crippen LogP contribution is -2.31.